The van der Waals surface area contributed by atoms with Crippen molar-refractivity contribution in [3.63, 3.8) is 0 Å². The van der Waals surface area contributed by atoms with E-state index < -0.39 is 11.6 Å². The smallest absolute Gasteiger partial charge is 0.224 e. The van der Waals surface area contributed by atoms with Crippen molar-refractivity contribution < 1.29 is 14.3 Å². The zero-order chi connectivity index (χ0) is 15.9. The van der Waals surface area contributed by atoms with Crippen molar-refractivity contribution >= 4 is 5.91 Å². The molecule has 1 amide bonds. The van der Waals surface area contributed by atoms with Gasteiger partial charge in [-0.05, 0) is 43.0 Å². The molecule has 3 nitrogen and oxygen atoms in total. The number of rotatable bonds is 6. The maximum Gasteiger partial charge on any atom is 0.224 e. The van der Waals surface area contributed by atoms with Crippen LogP contribution in [0.4, 0.5) is 4.39 Å². The van der Waals surface area contributed by atoms with Gasteiger partial charge in [-0.15, -0.1) is 0 Å². The summed E-state index contributed by atoms with van der Waals surface area (Å²) >= 11 is 0. The second-order valence-corrected chi connectivity index (χ2v) is 5.40. The highest BCUT2D eigenvalue weighted by molar-refractivity contribution is 5.78. The Morgan fingerprint density at radius 2 is 1.82 bits per heavy atom. The molecule has 0 radical (unpaired) electrons. The molecule has 0 saturated heterocycles. The first-order valence-electron chi connectivity index (χ1n) is 7.34. The van der Waals surface area contributed by atoms with Gasteiger partial charge in [0.05, 0.1) is 6.42 Å². The van der Waals surface area contributed by atoms with Crippen LogP contribution >= 0.6 is 0 Å². The van der Waals surface area contributed by atoms with Gasteiger partial charge < -0.3 is 10.4 Å². The van der Waals surface area contributed by atoms with E-state index in [4.69, 9.17) is 5.11 Å². The van der Waals surface area contributed by atoms with Crippen LogP contribution in [0.15, 0.2) is 42.5 Å². The average molecular weight is 301 g/mol. The number of aromatic hydroxyl groups is 1. The maximum absolute atomic E-state index is 13.2. The third kappa shape index (κ3) is 4.88. The number of phenols is 1. The molecule has 0 aromatic heterocycles. The van der Waals surface area contributed by atoms with Crippen molar-refractivity contribution in [2.45, 2.75) is 26.2 Å². The summed E-state index contributed by atoms with van der Waals surface area (Å²) in [7, 11) is 0. The van der Waals surface area contributed by atoms with Gasteiger partial charge in [0, 0.05) is 6.54 Å². The number of carbonyl (C=O) groups is 1. The van der Waals surface area contributed by atoms with Gasteiger partial charge in [-0.25, -0.2) is 4.39 Å². The lowest BCUT2D eigenvalue weighted by Crippen LogP contribution is -2.26. The van der Waals surface area contributed by atoms with Crippen molar-refractivity contribution in [3.05, 3.63) is 65.0 Å². The fourth-order valence-electron chi connectivity index (χ4n) is 2.18. The summed E-state index contributed by atoms with van der Waals surface area (Å²) < 4.78 is 13.2. The molecule has 0 aliphatic carbocycles. The molecule has 4 heteroatoms. The van der Waals surface area contributed by atoms with Crippen LogP contribution in [-0.4, -0.2) is 17.6 Å². The Balaban J connectivity index is 1.71. The molecular formula is C18H20FNO2. The van der Waals surface area contributed by atoms with Gasteiger partial charge in [0.1, 0.15) is 0 Å². The summed E-state index contributed by atoms with van der Waals surface area (Å²) in [6.45, 7) is 2.64. The van der Waals surface area contributed by atoms with E-state index in [2.05, 4.69) is 36.5 Å². The number of benzene rings is 2. The highest BCUT2D eigenvalue weighted by atomic mass is 19.1. The van der Waals surface area contributed by atoms with E-state index >= 15 is 0 Å². The van der Waals surface area contributed by atoms with E-state index in [0.717, 1.165) is 12.8 Å². The Morgan fingerprint density at radius 1 is 1.14 bits per heavy atom. The topological polar surface area (TPSA) is 49.3 Å². The van der Waals surface area contributed by atoms with Crippen LogP contribution in [0.25, 0.3) is 0 Å². The Labute approximate surface area is 129 Å². The van der Waals surface area contributed by atoms with Gasteiger partial charge in [0.2, 0.25) is 5.91 Å². The minimum Gasteiger partial charge on any atom is -0.505 e. The summed E-state index contributed by atoms with van der Waals surface area (Å²) in [5.41, 5.74) is 3.03. The van der Waals surface area contributed by atoms with Gasteiger partial charge in [0.25, 0.3) is 0 Å². The van der Waals surface area contributed by atoms with Gasteiger partial charge in [-0.1, -0.05) is 35.9 Å². The molecule has 0 spiro atoms. The first-order valence-corrected chi connectivity index (χ1v) is 7.34. The van der Waals surface area contributed by atoms with Crippen LogP contribution < -0.4 is 5.32 Å². The standard InChI is InChI=1S/C18H20FNO2/c1-13-4-6-14(7-5-13)3-2-10-20-18(22)12-15-8-9-17(21)16(19)11-15/h4-9,11,21H,2-3,10,12H2,1H3,(H,20,22). The van der Waals surface area contributed by atoms with Gasteiger partial charge >= 0.3 is 0 Å². The van der Waals surface area contributed by atoms with Crippen molar-refractivity contribution in [2.24, 2.45) is 0 Å². The van der Waals surface area contributed by atoms with Crippen LogP contribution in [0.2, 0.25) is 0 Å². The molecule has 2 aromatic rings. The molecule has 0 aliphatic heterocycles. The van der Waals surface area contributed by atoms with Crippen LogP contribution in [0.3, 0.4) is 0 Å². The van der Waals surface area contributed by atoms with E-state index in [1.54, 1.807) is 6.07 Å². The third-order valence-corrected chi connectivity index (χ3v) is 3.46. The van der Waals surface area contributed by atoms with Crippen LogP contribution in [0.5, 0.6) is 5.75 Å². The van der Waals surface area contributed by atoms with Crippen molar-refractivity contribution in [1.82, 2.24) is 5.32 Å². The number of phenolic OH excluding ortho intramolecular Hbond substituents is 1. The summed E-state index contributed by atoms with van der Waals surface area (Å²) in [4.78, 5) is 11.8. The van der Waals surface area contributed by atoms with Crippen molar-refractivity contribution in [2.75, 3.05) is 6.54 Å². The highest BCUT2D eigenvalue weighted by Crippen LogP contribution is 2.16. The second-order valence-electron chi connectivity index (χ2n) is 5.40. The molecule has 116 valence electrons. The number of hydrogen-bond acceptors (Lipinski definition) is 2. The molecule has 2 N–H and O–H groups in total. The minimum atomic E-state index is -0.704. The summed E-state index contributed by atoms with van der Waals surface area (Å²) in [6.07, 6.45) is 1.88. The Hall–Kier alpha value is -2.36. The zero-order valence-corrected chi connectivity index (χ0v) is 12.6. The SMILES string of the molecule is Cc1ccc(CCCNC(=O)Cc2ccc(O)c(F)c2)cc1. The highest BCUT2D eigenvalue weighted by Gasteiger charge is 2.06. The summed E-state index contributed by atoms with van der Waals surface area (Å²) in [6, 6.07) is 12.3. The van der Waals surface area contributed by atoms with Crippen molar-refractivity contribution in [3.8, 4) is 5.75 Å². The fourth-order valence-corrected chi connectivity index (χ4v) is 2.18. The molecule has 0 atom stereocenters. The van der Waals surface area contributed by atoms with Gasteiger partial charge in [-0.3, -0.25) is 4.79 Å². The molecule has 2 aromatic carbocycles. The predicted molar refractivity (Wildman–Crippen MR) is 84.3 cm³/mol. The number of aryl methyl sites for hydroxylation is 2. The van der Waals surface area contributed by atoms with Crippen LogP contribution in [0.1, 0.15) is 23.1 Å². The second kappa shape index (κ2) is 7.59. The number of hydrogen-bond donors (Lipinski definition) is 2. The zero-order valence-electron chi connectivity index (χ0n) is 12.6. The van der Waals surface area contributed by atoms with E-state index in [1.165, 1.54) is 23.3 Å². The molecular weight excluding hydrogens is 281 g/mol. The average Bonchev–Trinajstić information content (AvgIpc) is 2.49. The molecule has 0 saturated carbocycles. The first-order chi connectivity index (χ1) is 10.5. The van der Waals surface area contributed by atoms with Gasteiger partial charge in [0.15, 0.2) is 11.6 Å². The van der Waals surface area contributed by atoms with E-state index in [1.807, 2.05) is 0 Å². The Bertz CT molecular complexity index is 638. The Morgan fingerprint density at radius 3 is 2.50 bits per heavy atom. The number of amides is 1. The third-order valence-electron chi connectivity index (χ3n) is 3.46. The lowest BCUT2D eigenvalue weighted by atomic mass is 10.1. The molecule has 0 bridgehead atoms. The van der Waals surface area contributed by atoms with E-state index in [9.17, 15) is 9.18 Å². The van der Waals surface area contributed by atoms with Crippen LogP contribution in [-0.2, 0) is 17.6 Å². The summed E-state index contributed by atoms with van der Waals surface area (Å²) in [5.74, 6) is -1.25. The molecule has 22 heavy (non-hydrogen) atoms. The monoisotopic (exact) mass is 301 g/mol. The fraction of sp³-hybridized carbons (Fsp3) is 0.278. The lowest BCUT2D eigenvalue weighted by Gasteiger charge is -2.06. The quantitative estimate of drug-likeness (QED) is 0.805. The first kappa shape index (κ1) is 16.0. The van der Waals surface area contributed by atoms with Crippen molar-refractivity contribution in [1.29, 1.82) is 0 Å². The molecule has 2 rings (SSSR count). The normalized spacial score (nSPS) is 10.5. The molecule has 0 unspecified atom stereocenters. The van der Waals surface area contributed by atoms with Gasteiger partial charge in [-0.2, -0.15) is 0 Å². The van der Waals surface area contributed by atoms with E-state index in [0.29, 0.717) is 12.1 Å². The minimum absolute atomic E-state index is 0.113. The number of carbonyl (C=O) groups excluding carboxylic acids is 1. The lowest BCUT2D eigenvalue weighted by molar-refractivity contribution is -0.120. The number of halogens is 1. The predicted octanol–water partition coefficient (Wildman–Crippen LogP) is 3.13. The Kier molecular flexibility index (Phi) is 5.53. The molecule has 0 heterocycles. The molecule has 0 fully saturated rings. The van der Waals surface area contributed by atoms with Crippen LogP contribution in [0, 0.1) is 12.7 Å². The number of nitrogens with one attached hydrogen (secondary N) is 1. The summed E-state index contributed by atoms with van der Waals surface area (Å²) in [5, 5.41) is 11.9. The molecule has 0 aliphatic rings. The largest absolute Gasteiger partial charge is 0.505 e. The van der Waals surface area contributed by atoms with E-state index in [-0.39, 0.29) is 12.3 Å². The maximum atomic E-state index is 13.2.